The molecule has 7 nitrogen and oxygen atoms in total. The van der Waals surface area contributed by atoms with E-state index >= 15 is 0 Å². The molecule has 0 aromatic heterocycles. The van der Waals surface area contributed by atoms with Gasteiger partial charge in [0.1, 0.15) is 0 Å². The third kappa shape index (κ3) is 6.51. The van der Waals surface area contributed by atoms with Crippen LogP contribution in [0.1, 0.15) is 41.9 Å². The highest BCUT2D eigenvalue weighted by atomic mass is 32.2. The Morgan fingerprint density at radius 3 is 2.03 bits per heavy atom. The molecule has 0 bridgehead atoms. The summed E-state index contributed by atoms with van der Waals surface area (Å²) in [5.41, 5.74) is 2.31. The normalized spacial score (nSPS) is 13.8. The van der Waals surface area contributed by atoms with Gasteiger partial charge in [0.05, 0.1) is 23.3 Å². The van der Waals surface area contributed by atoms with Crippen molar-refractivity contribution in [2.75, 3.05) is 13.2 Å². The first-order valence-electron chi connectivity index (χ1n) is 11.1. The molecule has 178 valence electrons. The minimum absolute atomic E-state index is 0.0352. The topological polar surface area (TPSA) is 98.9 Å². The van der Waals surface area contributed by atoms with Crippen LogP contribution in [0.4, 0.5) is 0 Å². The molecule has 0 amide bonds. The van der Waals surface area contributed by atoms with Crippen molar-refractivity contribution in [3.8, 4) is 0 Å². The van der Waals surface area contributed by atoms with Gasteiger partial charge in [-0.2, -0.15) is 8.42 Å². The Bertz CT molecular complexity index is 1210. The number of nitro groups is 1. The number of aryl methyl sites for hydroxylation is 1. The number of hydrogen-bond acceptors (Lipinski definition) is 5. The first-order chi connectivity index (χ1) is 16.3. The third-order valence-corrected chi connectivity index (χ3v) is 6.67. The van der Waals surface area contributed by atoms with Crippen molar-refractivity contribution in [1.82, 2.24) is 0 Å². The van der Waals surface area contributed by atoms with Gasteiger partial charge in [-0.3, -0.25) is 10.1 Å². The number of sulfonamides is 1. The molecule has 0 unspecified atom stereocenters. The lowest BCUT2D eigenvalue weighted by Crippen LogP contribution is -2.29. The summed E-state index contributed by atoms with van der Waals surface area (Å²) in [6.07, 6.45) is 0.621. The minimum atomic E-state index is -4.11. The maximum Gasteiger partial charge on any atom is 0.285 e. The van der Waals surface area contributed by atoms with E-state index in [2.05, 4.69) is 4.40 Å². The summed E-state index contributed by atoms with van der Waals surface area (Å²) in [4.78, 5) is 11.3. The van der Waals surface area contributed by atoms with Crippen LogP contribution in [0.3, 0.4) is 0 Å². The molecule has 2 atom stereocenters. The third-order valence-electron chi connectivity index (χ3n) is 5.38. The summed E-state index contributed by atoms with van der Waals surface area (Å²) >= 11 is 0. The van der Waals surface area contributed by atoms with E-state index in [9.17, 15) is 18.5 Å². The number of ether oxygens (including phenoxy) is 1. The Hall–Kier alpha value is -3.52. The summed E-state index contributed by atoms with van der Waals surface area (Å²) in [7, 11) is -4.11. The Morgan fingerprint density at radius 2 is 1.50 bits per heavy atom. The fourth-order valence-corrected chi connectivity index (χ4v) is 4.72. The summed E-state index contributed by atoms with van der Waals surface area (Å²) in [6, 6.07) is 24.5. The monoisotopic (exact) mass is 480 g/mol. The van der Waals surface area contributed by atoms with Crippen LogP contribution >= 0.6 is 0 Å². The van der Waals surface area contributed by atoms with E-state index in [0.717, 1.165) is 5.56 Å². The Balaban J connectivity index is 2.21. The van der Waals surface area contributed by atoms with E-state index < -0.39 is 28.4 Å². The van der Waals surface area contributed by atoms with Crippen molar-refractivity contribution in [2.24, 2.45) is 4.40 Å². The maximum absolute atomic E-state index is 13.2. The van der Waals surface area contributed by atoms with E-state index in [4.69, 9.17) is 4.74 Å². The predicted molar refractivity (Wildman–Crippen MR) is 132 cm³/mol. The first-order valence-corrected chi connectivity index (χ1v) is 12.5. The van der Waals surface area contributed by atoms with E-state index in [1.54, 1.807) is 36.4 Å². The number of benzene rings is 3. The molecule has 0 heterocycles. The van der Waals surface area contributed by atoms with Gasteiger partial charge in [0, 0.05) is 4.92 Å². The molecule has 0 N–H and O–H groups in total. The van der Waals surface area contributed by atoms with Gasteiger partial charge in [-0.25, -0.2) is 0 Å². The molecule has 3 aromatic rings. The van der Waals surface area contributed by atoms with Gasteiger partial charge in [-0.1, -0.05) is 85.3 Å². The molecular weight excluding hydrogens is 452 g/mol. The van der Waals surface area contributed by atoms with Crippen LogP contribution in [0.2, 0.25) is 0 Å². The van der Waals surface area contributed by atoms with Crippen LogP contribution < -0.4 is 0 Å². The molecule has 0 aliphatic carbocycles. The van der Waals surface area contributed by atoms with E-state index in [1.807, 2.05) is 50.2 Å². The fraction of sp³-hybridized carbons (Fsp3) is 0.269. The molecule has 3 rings (SSSR count). The van der Waals surface area contributed by atoms with Crippen LogP contribution in [-0.4, -0.2) is 32.4 Å². The van der Waals surface area contributed by atoms with Crippen molar-refractivity contribution in [3.05, 3.63) is 112 Å². The lowest BCUT2D eigenvalue weighted by Gasteiger charge is -2.26. The molecule has 0 saturated carbocycles. The molecule has 0 fully saturated rings. The van der Waals surface area contributed by atoms with Gasteiger partial charge >= 0.3 is 0 Å². The highest BCUT2D eigenvalue weighted by Gasteiger charge is 2.35. The van der Waals surface area contributed by atoms with Crippen molar-refractivity contribution in [2.45, 2.75) is 37.0 Å². The average Bonchev–Trinajstić information content (AvgIpc) is 2.83. The van der Waals surface area contributed by atoms with Crippen molar-refractivity contribution in [1.29, 1.82) is 0 Å². The Labute approximate surface area is 200 Å². The molecule has 34 heavy (non-hydrogen) atoms. The Morgan fingerprint density at radius 1 is 0.941 bits per heavy atom. The van der Waals surface area contributed by atoms with Crippen LogP contribution in [0.15, 0.2) is 94.2 Å². The van der Waals surface area contributed by atoms with Gasteiger partial charge in [0.25, 0.3) is 10.0 Å². The van der Waals surface area contributed by atoms with Gasteiger partial charge in [-0.05, 0) is 36.6 Å². The second-order valence-corrected chi connectivity index (χ2v) is 9.59. The molecule has 8 heteroatoms. The molecular formula is C26H28N2O5S. The molecule has 0 aliphatic heterocycles. The van der Waals surface area contributed by atoms with Crippen LogP contribution in [0, 0.1) is 17.0 Å². The van der Waals surface area contributed by atoms with E-state index in [1.165, 1.54) is 12.1 Å². The predicted octanol–water partition coefficient (Wildman–Crippen LogP) is 5.35. The zero-order valence-electron chi connectivity index (χ0n) is 19.2. The van der Waals surface area contributed by atoms with Gasteiger partial charge < -0.3 is 4.74 Å². The van der Waals surface area contributed by atoms with E-state index in [-0.39, 0.29) is 22.3 Å². The molecule has 0 aliphatic rings. The Kier molecular flexibility index (Phi) is 8.54. The van der Waals surface area contributed by atoms with Gasteiger partial charge in [0.2, 0.25) is 12.4 Å². The molecule has 3 aromatic carbocycles. The average molecular weight is 481 g/mol. The number of nitrogens with zero attached hydrogens (tertiary/aromatic N) is 2. The van der Waals surface area contributed by atoms with Crippen LogP contribution in [0.5, 0.6) is 0 Å². The van der Waals surface area contributed by atoms with Crippen LogP contribution in [-0.2, 0) is 14.8 Å². The zero-order valence-corrected chi connectivity index (χ0v) is 20.0. The second kappa shape index (κ2) is 11.6. The zero-order chi connectivity index (χ0) is 24.6. The lowest BCUT2D eigenvalue weighted by atomic mass is 9.81. The molecule has 0 spiro atoms. The van der Waals surface area contributed by atoms with Crippen molar-refractivity contribution < 1.29 is 18.1 Å². The second-order valence-electron chi connectivity index (χ2n) is 7.99. The van der Waals surface area contributed by atoms with E-state index in [0.29, 0.717) is 17.5 Å². The standard InChI is InChI=1S/C26H28N2O5S/c1-3-18-33-26(27-34(31,32)23-16-14-20(2)15-17-23)25(22-12-8-5-9-13-22)24(19-28(29)30)21-10-6-4-7-11-21/h4-17,24-25H,3,18-19H2,1-2H3/b27-26-/t24-,25-/m1/s1. The van der Waals surface area contributed by atoms with Crippen molar-refractivity contribution >= 4 is 15.9 Å². The summed E-state index contributed by atoms with van der Waals surface area (Å²) < 4.78 is 36.5. The minimum Gasteiger partial charge on any atom is -0.480 e. The summed E-state index contributed by atoms with van der Waals surface area (Å²) in [6.45, 7) is 3.58. The van der Waals surface area contributed by atoms with Gasteiger partial charge in [-0.15, -0.1) is 4.40 Å². The highest BCUT2D eigenvalue weighted by Crippen LogP contribution is 2.36. The maximum atomic E-state index is 13.2. The van der Waals surface area contributed by atoms with Gasteiger partial charge in [0.15, 0.2) is 0 Å². The molecule has 0 saturated heterocycles. The largest absolute Gasteiger partial charge is 0.480 e. The lowest BCUT2D eigenvalue weighted by molar-refractivity contribution is -0.483. The SMILES string of the molecule is CCCO/C(=N\S(=O)(=O)c1ccc(C)cc1)[C@H](c1ccccc1)[C@H](C[N+](=O)[O-])c1ccccc1. The molecule has 0 radical (unpaired) electrons. The summed E-state index contributed by atoms with van der Waals surface area (Å²) in [5.74, 6) is -1.52. The number of rotatable bonds is 10. The van der Waals surface area contributed by atoms with Crippen LogP contribution in [0.25, 0.3) is 0 Å². The quantitative estimate of drug-likeness (QED) is 0.168. The smallest absolute Gasteiger partial charge is 0.285 e. The fourth-order valence-electron chi connectivity index (χ4n) is 3.73. The summed E-state index contributed by atoms with van der Waals surface area (Å²) in [5, 5.41) is 11.7. The first kappa shape index (κ1) is 25.1. The highest BCUT2D eigenvalue weighted by molar-refractivity contribution is 7.90. The number of hydrogen-bond donors (Lipinski definition) is 0. The van der Waals surface area contributed by atoms with Crippen molar-refractivity contribution in [3.63, 3.8) is 0 Å².